The molecule has 0 fully saturated rings. The summed E-state index contributed by atoms with van der Waals surface area (Å²) in [6.45, 7) is 0. The number of hydrogen-bond donors (Lipinski definition) is 0. The number of aliphatic imine (C=N–C) groups is 1. The Labute approximate surface area is 126 Å². The van der Waals surface area contributed by atoms with E-state index in [0.29, 0.717) is 16.4 Å². The average molecular weight is 305 g/mol. The van der Waals surface area contributed by atoms with Gasteiger partial charge in [-0.25, -0.2) is 4.99 Å². The van der Waals surface area contributed by atoms with Crippen LogP contribution in [-0.4, -0.2) is 11.1 Å². The zero-order valence-corrected chi connectivity index (χ0v) is 11.9. The van der Waals surface area contributed by atoms with Crippen LogP contribution in [0.3, 0.4) is 0 Å². The summed E-state index contributed by atoms with van der Waals surface area (Å²) in [7, 11) is 0. The number of benzene rings is 2. The second-order valence-corrected chi connectivity index (χ2v) is 5.24. The molecule has 100 valence electrons. The highest BCUT2D eigenvalue weighted by Gasteiger charge is 2.25. The second kappa shape index (κ2) is 5.27. The molecule has 1 aliphatic rings. The molecule has 0 bridgehead atoms. The minimum atomic E-state index is -0.133. The van der Waals surface area contributed by atoms with Gasteiger partial charge in [-0.1, -0.05) is 41.4 Å². The van der Waals surface area contributed by atoms with Crippen LogP contribution in [0.15, 0.2) is 53.5 Å². The third-order valence-electron chi connectivity index (χ3n) is 2.98. The maximum absolute atomic E-state index is 12.4. The first-order valence-corrected chi connectivity index (χ1v) is 6.81. The van der Waals surface area contributed by atoms with Crippen LogP contribution in [0.25, 0.3) is 0 Å². The number of nitrogens with zero attached hydrogens (tertiary/aromatic N) is 2. The molecule has 0 spiro atoms. The molecule has 1 amide bonds. The third kappa shape index (κ3) is 2.42. The lowest BCUT2D eigenvalue weighted by atomic mass is 10.2. The first-order valence-electron chi connectivity index (χ1n) is 6.06. The summed E-state index contributed by atoms with van der Waals surface area (Å²) in [5, 5.41) is 0.822. The van der Waals surface area contributed by atoms with Crippen molar-refractivity contribution < 1.29 is 4.79 Å². The molecule has 0 saturated carbocycles. The lowest BCUT2D eigenvalue weighted by molar-refractivity contribution is -0.116. The van der Waals surface area contributed by atoms with Gasteiger partial charge in [0.1, 0.15) is 5.17 Å². The molecule has 0 atom stereocenters. The third-order valence-corrected chi connectivity index (χ3v) is 3.43. The van der Waals surface area contributed by atoms with E-state index < -0.39 is 0 Å². The van der Waals surface area contributed by atoms with Gasteiger partial charge in [0.15, 0.2) is 0 Å². The molecule has 5 heteroatoms. The highest BCUT2D eigenvalue weighted by atomic mass is 35.5. The van der Waals surface area contributed by atoms with Crippen molar-refractivity contribution in [1.29, 1.82) is 0 Å². The molecule has 0 aliphatic carbocycles. The minimum Gasteiger partial charge on any atom is -0.278 e. The Hall–Kier alpha value is -1.84. The highest BCUT2D eigenvalue weighted by Crippen LogP contribution is 2.38. The molecule has 0 N–H and O–H groups in total. The van der Waals surface area contributed by atoms with Crippen LogP contribution in [0.4, 0.5) is 17.1 Å². The first-order chi connectivity index (χ1) is 9.65. The summed E-state index contributed by atoms with van der Waals surface area (Å²) in [4.78, 5) is 18.3. The van der Waals surface area contributed by atoms with Crippen molar-refractivity contribution in [2.24, 2.45) is 4.99 Å². The smallest absolute Gasteiger partial charge is 0.238 e. The summed E-state index contributed by atoms with van der Waals surface area (Å²) in [5.74, 6) is -0.133. The summed E-state index contributed by atoms with van der Waals surface area (Å²) in [5.41, 5.74) is 2.04. The van der Waals surface area contributed by atoms with E-state index in [1.165, 1.54) is 0 Å². The van der Waals surface area contributed by atoms with E-state index in [1.54, 1.807) is 23.1 Å². The van der Waals surface area contributed by atoms with Crippen molar-refractivity contribution in [3.8, 4) is 0 Å². The van der Waals surface area contributed by atoms with Gasteiger partial charge in [-0.15, -0.1) is 0 Å². The Balaban J connectivity index is 2.21. The number of hydrogen-bond acceptors (Lipinski definition) is 2. The number of anilines is 2. The van der Waals surface area contributed by atoms with Crippen molar-refractivity contribution in [3.63, 3.8) is 0 Å². The van der Waals surface area contributed by atoms with Crippen molar-refractivity contribution in [2.75, 3.05) is 4.90 Å². The largest absolute Gasteiger partial charge is 0.278 e. The molecule has 0 unspecified atom stereocenters. The molecule has 0 saturated heterocycles. The normalized spacial score (nSPS) is 14.6. The number of fused-ring (bicyclic) bond motifs is 1. The average Bonchev–Trinajstić information content (AvgIpc) is 2.54. The van der Waals surface area contributed by atoms with E-state index in [-0.39, 0.29) is 17.5 Å². The van der Waals surface area contributed by atoms with Crippen LogP contribution < -0.4 is 4.90 Å². The fraction of sp³-hybridized carbons (Fsp3) is 0.0667. The van der Waals surface area contributed by atoms with Gasteiger partial charge in [-0.3, -0.25) is 9.69 Å². The molecular formula is C15H10Cl2N2O. The van der Waals surface area contributed by atoms with Gasteiger partial charge in [0.2, 0.25) is 5.91 Å². The Kier molecular flexibility index (Phi) is 3.47. The summed E-state index contributed by atoms with van der Waals surface area (Å²) < 4.78 is 0. The van der Waals surface area contributed by atoms with Crippen molar-refractivity contribution in [3.05, 3.63) is 53.6 Å². The SMILES string of the molecule is O=C1CC(Cl)=Nc2ccc(Cl)cc2N1c1ccccc1. The topological polar surface area (TPSA) is 32.7 Å². The van der Waals surface area contributed by atoms with Crippen molar-refractivity contribution >= 4 is 51.3 Å². The van der Waals surface area contributed by atoms with Crippen LogP contribution in [0.2, 0.25) is 5.02 Å². The zero-order chi connectivity index (χ0) is 14.1. The minimum absolute atomic E-state index is 0.0722. The lowest BCUT2D eigenvalue weighted by Crippen LogP contribution is -2.25. The van der Waals surface area contributed by atoms with Gasteiger partial charge in [0.25, 0.3) is 0 Å². The predicted octanol–water partition coefficient (Wildman–Crippen LogP) is 4.68. The summed E-state index contributed by atoms with van der Waals surface area (Å²) in [6.07, 6.45) is 0.0722. The lowest BCUT2D eigenvalue weighted by Gasteiger charge is -2.22. The van der Waals surface area contributed by atoms with Crippen LogP contribution in [0.1, 0.15) is 6.42 Å². The maximum atomic E-state index is 12.4. The molecule has 3 nitrogen and oxygen atoms in total. The van der Waals surface area contributed by atoms with Crippen LogP contribution >= 0.6 is 23.2 Å². The van der Waals surface area contributed by atoms with Crippen LogP contribution in [0.5, 0.6) is 0 Å². The summed E-state index contributed by atoms with van der Waals surface area (Å²) >= 11 is 12.1. The van der Waals surface area contributed by atoms with Crippen molar-refractivity contribution in [1.82, 2.24) is 0 Å². The molecule has 0 aromatic heterocycles. The zero-order valence-electron chi connectivity index (χ0n) is 10.4. The Bertz CT molecular complexity index is 698. The molecule has 1 heterocycles. The van der Waals surface area contributed by atoms with Gasteiger partial charge >= 0.3 is 0 Å². The van der Waals surface area contributed by atoms with E-state index in [0.717, 1.165) is 5.69 Å². The Morgan fingerprint density at radius 2 is 1.80 bits per heavy atom. The molecule has 1 aliphatic heterocycles. The van der Waals surface area contributed by atoms with Gasteiger partial charge in [-0.05, 0) is 30.3 Å². The van der Waals surface area contributed by atoms with Gasteiger partial charge in [0.05, 0.1) is 17.8 Å². The van der Waals surface area contributed by atoms with Gasteiger partial charge in [0, 0.05) is 10.7 Å². The van der Waals surface area contributed by atoms with Crippen LogP contribution in [0, 0.1) is 0 Å². The molecule has 20 heavy (non-hydrogen) atoms. The monoisotopic (exact) mass is 304 g/mol. The van der Waals surface area contributed by atoms with Crippen LogP contribution in [-0.2, 0) is 4.79 Å². The van der Waals surface area contributed by atoms with Crippen molar-refractivity contribution in [2.45, 2.75) is 6.42 Å². The van der Waals surface area contributed by atoms with E-state index >= 15 is 0 Å². The van der Waals surface area contributed by atoms with E-state index in [1.807, 2.05) is 30.3 Å². The summed E-state index contributed by atoms with van der Waals surface area (Å²) in [6, 6.07) is 14.6. The first kappa shape index (κ1) is 13.2. The number of carbonyl (C=O) groups is 1. The quantitative estimate of drug-likeness (QED) is 0.753. The Morgan fingerprint density at radius 1 is 1.05 bits per heavy atom. The van der Waals surface area contributed by atoms with E-state index in [4.69, 9.17) is 23.2 Å². The number of carbonyl (C=O) groups excluding carboxylic acids is 1. The van der Waals surface area contributed by atoms with E-state index in [9.17, 15) is 4.79 Å². The fourth-order valence-corrected chi connectivity index (χ4v) is 2.51. The number of amides is 1. The molecule has 2 aromatic carbocycles. The highest BCUT2D eigenvalue weighted by molar-refractivity contribution is 6.67. The molecule has 0 radical (unpaired) electrons. The second-order valence-electron chi connectivity index (χ2n) is 4.36. The van der Waals surface area contributed by atoms with Gasteiger partial charge in [-0.2, -0.15) is 0 Å². The van der Waals surface area contributed by atoms with E-state index in [2.05, 4.69) is 4.99 Å². The van der Waals surface area contributed by atoms with Gasteiger partial charge < -0.3 is 0 Å². The number of rotatable bonds is 1. The Morgan fingerprint density at radius 3 is 2.55 bits per heavy atom. The standard InChI is InChI=1S/C15H10Cl2N2O/c16-10-6-7-12-13(8-10)19(11-4-2-1-3-5-11)15(20)9-14(17)18-12/h1-8H,9H2. The fourth-order valence-electron chi connectivity index (χ4n) is 2.14. The number of para-hydroxylation sites is 1. The maximum Gasteiger partial charge on any atom is 0.238 e. The number of halogens is 2. The molecule has 2 aromatic rings. The predicted molar refractivity (Wildman–Crippen MR) is 82.6 cm³/mol. The molecular weight excluding hydrogens is 295 g/mol. The molecule has 3 rings (SSSR count).